The lowest BCUT2D eigenvalue weighted by Gasteiger charge is -2.13. The van der Waals surface area contributed by atoms with Crippen LogP contribution in [0.2, 0.25) is 0 Å². The monoisotopic (exact) mass is 560 g/mol. The van der Waals surface area contributed by atoms with E-state index in [1.807, 2.05) is 28.4 Å². The Morgan fingerprint density at radius 1 is 1.16 bits per heavy atom. The second kappa shape index (κ2) is 9.37. The number of imidazole rings is 1. The number of hydrogen-bond donors (Lipinski definition) is 1. The molecule has 4 rings (SSSR count). The third-order valence-electron chi connectivity index (χ3n) is 5.59. The minimum Gasteiger partial charge on any atom is -0.494 e. The third kappa shape index (κ3) is 4.23. The highest BCUT2D eigenvalue weighted by atomic mass is 79.9. The molecule has 0 aliphatic carbocycles. The highest BCUT2D eigenvalue weighted by Gasteiger charge is 2.21. The lowest BCUT2D eigenvalue weighted by atomic mass is 10.0. The first-order valence-electron chi connectivity index (χ1n) is 10.5. The van der Waals surface area contributed by atoms with E-state index in [2.05, 4.69) is 75.1 Å². The van der Waals surface area contributed by atoms with Crippen molar-refractivity contribution < 1.29 is 9.84 Å². The standard InChI is InChI=1S/C24H26Br2N4O2/c1-14(2)16-5-7-17(8-6-16)24-27-22-21(26)18(12-29-13-19(25)15(3)28-29)11-20(32-4)23(22)30(24)9-10-31/h5-8,11,13-14,31H,9-10,12H2,1-4H3. The van der Waals surface area contributed by atoms with Gasteiger partial charge in [0.05, 0.1) is 34.9 Å². The molecule has 0 amide bonds. The second-order valence-corrected chi connectivity index (χ2v) is 9.74. The van der Waals surface area contributed by atoms with Crippen LogP contribution in [0.25, 0.3) is 22.4 Å². The minimum atomic E-state index is 0.00561. The molecule has 32 heavy (non-hydrogen) atoms. The summed E-state index contributed by atoms with van der Waals surface area (Å²) in [7, 11) is 1.66. The normalized spacial score (nSPS) is 11.6. The Morgan fingerprint density at radius 3 is 2.44 bits per heavy atom. The largest absolute Gasteiger partial charge is 0.494 e. The number of aliphatic hydroxyl groups is 1. The number of hydrogen-bond acceptors (Lipinski definition) is 4. The molecule has 168 valence electrons. The van der Waals surface area contributed by atoms with Crippen molar-refractivity contribution >= 4 is 42.9 Å². The van der Waals surface area contributed by atoms with Crippen molar-refractivity contribution in [2.24, 2.45) is 0 Å². The zero-order chi connectivity index (χ0) is 23.0. The topological polar surface area (TPSA) is 65.1 Å². The first kappa shape index (κ1) is 23.0. The van der Waals surface area contributed by atoms with E-state index in [-0.39, 0.29) is 6.61 Å². The van der Waals surface area contributed by atoms with Gasteiger partial charge in [-0.05, 0) is 61.9 Å². The fraction of sp³-hybridized carbons (Fsp3) is 0.333. The summed E-state index contributed by atoms with van der Waals surface area (Å²) in [5, 5.41) is 14.3. The van der Waals surface area contributed by atoms with Crippen LogP contribution in [0.1, 0.15) is 36.6 Å². The Bertz CT molecular complexity index is 1240. The van der Waals surface area contributed by atoms with Gasteiger partial charge in [-0.1, -0.05) is 38.1 Å². The van der Waals surface area contributed by atoms with Gasteiger partial charge in [-0.3, -0.25) is 4.68 Å². The summed E-state index contributed by atoms with van der Waals surface area (Å²) in [5.41, 5.74) is 5.89. The van der Waals surface area contributed by atoms with E-state index >= 15 is 0 Å². The van der Waals surface area contributed by atoms with Crippen molar-refractivity contribution in [3.05, 3.63) is 62.3 Å². The zero-order valence-electron chi connectivity index (χ0n) is 18.6. The van der Waals surface area contributed by atoms with E-state index in [4.69, 9.17) is 9.72 Å². The number of nitrogens with zero attached hydrogens (tertiary/aromatic N) is 4. The highest BCUT2D eigenvalue weighted by Crippen LogP contribution is 2.38. The van der Waals surface area contributed by atoms with Crippen molar-refractivity contribution in [1.82, 2.24) is 19.3 Å². The van der Waals surface area contributed by atoms with E-state index in [1.165, 1.54) is 5.56 Å². The molecule has 6 nitrogen and oxygen atoms in total. The van der Waals surface area contributed by atoms with Crippen LogP contribution in [0.5, 0.6) is 5.75 Å². The molecule has 0 atom stereocenters. The summed E-state index contributed by atoms with van der Waals surface area (Å²) in [6.45, 7) is 7.33. The molecule has 0 aliphatic heterocycles. The van der Waals surface area contributed by atoms with Crippen molar-refractivity contribution in [1.29, 1.82) is 0 Å². The number of rotatable bonds is 7. The van der Waals surface area contributed by atoms with E-state index in [0.717, 1.165) is 42.6 Å². The van der Waals surface area contributed by atoms with Crippen LogP contribution in [0.15, 0.2) is 45.5 Å². The first-order valence-corrected chi connectivity index (χ1v) is 12.1. The number of methoxy groups -OCH3 is 1. The average Bonchev–Trinajstić information content (AvgIpc) is 3.30. The average molecular weight is 562 g/mol. The summed E-state index contributed by atoms with van der Waals surface area (Å²) in [4.78, 5) is 5.00. The maximum atomic E-state index is 9.78. The Labute approximate surface area is 204 Å². The molecule has 2 aromatic heterocycles. The van der Waals surface area contributed by atoms with Gasteiger partial charge in [0.2, 0.25) is 0 Å². The summed E-state index contributed by atoms with van der Waals surface area (Å²) in [6, 6.07) is 10.5. The minimum absolute atomic E-state index is 0.00561. The molecule has 2 aromatic carbocycles. The Hall–Kier alpha value is -2.16. The number of aliphatic hydroxyl groups excluding tert-OH is 1. The summed E-state index contributed by atoms with van der Waals surface area (Å²) in [6.07, 6.45) is 1.96. The van der Waals surface area contributed by atoms with E-state index in [0.29, 0.717) is 24.8 Å². The van der Waals surface area contributed by atoms with Crippen LogP contribution in [0.4, 0.5) is 0 Å². The van der Waals surface area contributed by atoms with Crippen LogP contribution in [-0.4, -0.2) is 38.2 Å². The third-order valence-corrected chi connectivity index (χ3v) is 7.26. The van der Waals surface area contributed by atoms with E-state index in [9.17, 15) is 5.11 Å². The van der Waals surface area contributed by atoms with Gasteiger partial charge in [0.15, 0.2) is 0 Å². The second-order valence-electron chi connectivity index (χ2n) is 8.10. The SMILES string of the molecule is COc1cc(Cn2cc(Br)c(C)n2)c(Br)c2nc(-c3ccc(C(C)C)cc3)n(CCO)c12. The molecule has 2 heterocycles. The number of halogens is 2. The van der Waals surface area contributed by atoms with E-state index in [1.54, 1.807) is 7.11 Å². The molecule has 0 fully saturated rings. The molecule has 0 spiro atoms. The zero-order valence-corrected chi connectivity index (χ0v) is 21.7. The van der Waals surface area contributed by atoms with Crippen molar-refractivity contribution in [2.75, 3.05) is 13.7 Å². The van der Waals surface area contributed by atoms with Gasteiger partial charge in [0, 0.05) is 18.3 Å². The Kier molecular flexibility index (Phi) is 6.74. The predicted octanol–water partition coefficient (Wildman–Crippen LogP) is 5.91. The number of fused-ring (bicyclic) bond motifs is 1. The molecule has 0 aliphatic rings. The first-order chi connectivity index (χ1) is 15.3. The van der Waals surface area contributed by atoms with Crippen molar-refractivity contribution in [2.45, 2.75) is 39.8 Å². The number of benzene rings is 2. The fourth-order valence-corrected chi connectivity index (χ4v) is 4.70. The Morgan fingerprint density at radius 2 is 1.88 bits per heavy atom. The van der Waals surface area contributed by atoms with Crippen LogP contribution < -0.4 is 4.74 Å². The summed E-state index contributed by atoms with van der Waals surface area (Å²) >= 11 is 7.31. The summed E-state index contributed by atoms with van der Waals surface area (Å²) in [5.74, 6) is 1.98. The van der Waals surface area contributed by atoms with E-state index < -0.39 is 0 Å². The predicted molar refractivity (Wildman–Crippen MR) is 134 cm³/mol. The number of aryl methyl sites for hydroxylation is 1. The van der Waals surface area contributed by atoms with Crippen molar-refractivity contribution in [3.63, 3.8) is 0 Å². The van der Waals surface area contributed by atoms with Crippen molar-refractivity contribution in [3.8, 4) is 17.1 Å². The maximum Gasteiger partial charge on any atom is 0.145 e. The number of ether oxygens (including phenoxy) is 1. The van der Waals surface area contributed by atoms with Crippen LogP contribution in [0, 0.1) is 6.92 Å². The molecular formula is C24H26Br2N4O2. The number of aromatic nitrogens is 4. The lowest BCUT2D eigenvalue weighted by molar-refractivity contribution is 0.278. The van der Waals surface area contributed by atoms with Gasteiger partial charge in [-0.15, -0.1) is 0 Å². The molecule has 0 saturated carbocycles. The molecule has 8 heteroatoms. The molecule has 0 saturated heterocycles. The van der Waals surface area contributed by atoms with Gasteiger partial charge in [-0.2, -0.15) is 5.10 Å². The molecule has 0 unspecified atom stereocenters. The molecular weight excluding hydrogens is 536 g/mol. The smallest absolute Gasteiger partial charge is 0.145 e. The molecule has 1 N–H and O–H groups in total. The van der Waals surface area contributed by atoms with Gasteiger partial charge in [-0.25, -0.2) is 4.98 Å². The van der Waals surface area contributed by atoms with Crippen LogP contribution in [0.3, 0.4) is 0 Å². The fourth-order valence-electron chi connectivity index (χ4n) is 3.87. The molecule has 4 aromatic rings. The van der Waals surface area contributed by atoms with Gasteiger partial charge >= 0.3 is 0 Å². The summed E-state index contributed by atoms with van der Waals surface area (Å²) < 4.78 is 11.6. The maximum absolute atomic E-state index is 9.78. The lowest BCUT2D eigenvalue weighted by Crippen LogP contribution is -2.06. The highest BCUT2D eigenvalue weighted by molar-refractivity contribution is 9.11. The molecule has 0 bridgehead atoms. The van der Waals surface area contributed by atoms with Gasteiger partial charge in [0.1, 0.15) is 22.6 Å². The quantitative estimate of drug-likeness (QED) is 0.305. The van der Waals surface area contributed by atoms with Gasteiger partial charge in [0.25, 0.3) is 0 Å². The Balaban J connectivity index is 1.88. The molecule has 0 radical (unpaired) electrons. The van der Waals surface area contributed by atoms with Crippen LogP contribution >= 0.6 is 31.9 Å². The van der Waals surface area contributed by atoms with Gasteiger partial charge < -0.3 is 14.4 Å². The van der Waals surface area contributed by atoms with Crippen LogP contribution in [-0.2, 0) is 13.1 Å².